The van der Waals surface area contributed by atoms with Gasteiger partial charge in [0.1, 0.15) is 10.7 Å². The summed E-state index contributed by atoms with van der Waals surface area (Å²) in [6.07, 6.45) is 2.58. The van der Waals surface area contributed by atoms with Gasteiger partial charge in [-0.15, -0.1) is 0 Å². The van der Waals surface area contributed by atoms with Crippen molar-refractivity contribution in [1.29, 1.82) is 0 Å². The van der Waals surface area contributed by atoms with E-state index in [2.05, 4.69) is 9.82 Å². The van der Waals surface area contributed by atoms with Crippen LogP contribution in [0.15, 0.2) is 35.5 Å². The number of halogens is 2. The van der Waals surface area contributed by atoms with E-state index in [-0.39, 0.29) is 15.5 Å². The Morgan fingerprint density at radius 3 is 2.70 bits per heavy atom. The molecule has 0 bridgehead atoms. The highest BCUT2D eigenvalue weighted by atomic mass is 35.5. The van der Waals surface area contributed by atoms with Crippen LogP contribution in [0.5, 0.6) is 0 Å². The minimum atomic E-state index is -3.78. The monoisotopic (exact) mass is 317 g/mol. The molecule has 0 aliphatic rings. The van der Waals surface area contributed by atoms with E-state index >= 15 is 0 Å². The fraction of sp³-hybridized carbons (Fsp3) is 0.250. The summed E-state index contributed by atoms with van der Waals surface area (Å²) < 4.78 is 41.7. The van der Waals surface area contributed by atoms with Crippen molar-refractivity contribution in [1.82, 2.24) is 14.5 Å². The number of nitrogens with one attached hydrogen (secondary N) is 1. The van der Waals surface area contributed by atoms with Crippen molar-refractivity contribution in [3.63, 3.8) is 0 Å². The van der Waals surface area contributed by atoms with E-state index in [9.17, 15) is 12.8 Å². The molecule has 0 fully saturated rings. The average Bonchev–Trinajstić information content (AvgIpc) is 2.75. The number of hydrogen-bond acceptors (Lipinski definition) is 3. The molecule has 0 aliphatic carbocycles. The van der Waals surface area contributed by atoms with E-state index in [0.717, 1.165) is 0 Å². The first-order valence-electron chi connectivity index (χ1n) is 5.76. The molecular formula is C12H13ClFN3O2S. The lowest BCUT2D eigenvalue weighted by Crippen LogP contribution is -2.27. The maximum Gasteiger partial charge on any atom is 0.244 e. The van der Waals surface area contributed by atoms with Gasteiger partial charge in [-0.2, -0.15) is 5.10 Å². The van der Waals surface area contributed by atoms with Crippen LogP contribution in [0.3, 0.4) is 0 Å². The van der Waals surface area contributed by atoms with Crippen LogP contribution in [0.1, 0.15) is 18.5 Å². The molecule has 1 aromatic heterocycles. The summed E-state index contributed by atoms with van der Waals surface area (Å²) in [7, 11) is -2.17. The van der Waals surface area contributed by atoms with Gasteiger partial charge in [-0.25, -0.2) is 17.5 Å². The van der Waals surface area contributed by atoms with Crippen LogP contribution in [0.4, 0.5) is 4.39 Å². The third-order valence-corrected chi connectivity index (χ3v) is 4.58. The summed E-state index contributed by atoms with van der Waals surface area (Å²) in [6, 6.07) is 3.41. The number of rotatable bonds is 4. The fourth-order valence-corrected chi connectivity index (χ4v) is 3.34. The van der Waals surface area contributed by atoms with Crippen LogP contribution in [0, 0.1) is 5.82 Å². The molecule has 108 valence electrons. The van der Waals surface area contributed by atoms with Gasteiger partial charge in [-0.05, 0) is 19.1 Å². The highest BCUT2D eigenvalue weighted by Crippen LogP contribution is 2.26. The molecule has 1 aromatic carbocycles. The van der Waals surface area contributed by atoms with Gasteiger partial charge in [0.25, 0.3) is 0 Å². The van der Waals surface area contributed by atoms with Gasteiger partial charge in [0.15, 0.2) is 0 Å². The van der Waals surface area contributed by atoms with Crippen LogP contribution in [0.25, 0.3) is 0 Å². The number of sulfonamides is 1. The average molecular weight is 318 g/mol. The van der Waals surface area contributed by atoms with Gasteiger partial charge in [0, 0.05) is 29.9 Å². The van der Waals surface area contributed by atoms with Gasteiger partial charge in [-0.1, -0.05) is 17.7 Å². The zero-order chi connectivity index (χ0) is 14.9. The third kappa shape index (κ3) is 3.00. The van der Waals surface area contributed by atoms with Gasteiger partial charge >= 0.3 is 0 Å². The molecule has 0 amide bonds. The standard InChI is InChI=1S/C12H13ClFN3O2S/c1-8(12-10(13)4-3-5-11(12)14)16-20(18,19)9-6-15-17(2)7-9/h3-8,16H,1-2H3. The SMILES string of the molecule is CC(NS(=O)(=O)c1cnn(C)c1)c1c(F)cccc1Cl. The summed E-state index contributed by atoms with van der Waals surface area (Å²) in [5.74, 6) is -0.557. The largest absolute Gasteiger partial charge is 0.274 e. The highest BCUT2D eigenvalue weighted by Gasteiger charge is 2.23. The topological polar surface area (TPSA) is 64.0 Å². The minimum absolute atomic E-state index is 0.0133. The van der Waals surface area contributed by atoms with Gasteiger partial charge in [0.05, 0.1) is 6.20 Å². The Labute approximate surface area is 121 Å². The molecule has 1 atom stereocenters. The third-order valence-electron chi connectivity index (χ3n) is 2.76. The summed E-state index contributed by atoms with van der Waals surface area (Å²) >= 11 is 5.91. The summed E-state index contributed by atoms with van der Waals surface area (Å²) in [5, 5.41) is 3.97. The Morgan fingerprint density at radius 2 is 2.15 bits per heavy atom. The van der Waals surface area contributed by atoms with E-state index < -0.39 is 21.9 Å². The summed E-state index contributed by atoms with van der Waals surface area (Å²) in [4.78, 5) is 0.0133. The van der Waals surface area contributed by atoms with E-state index in [1.165, 1.54) is 42.2 Å². The first-order chi connectivity index (χ1) is 9.31. The molecule has 0 saturated carbocycles. The summed E-state index contributed by atoms with van der Waals surface area (Å²) in [5.41, 5.74) is 0.113. The lowest BCUT2D eigenvalue weighted by molar-refractivity contribution is 0.550. The molecule has 0 aliphatic heterocycles. The van der Waals surface area contributed by atoms with Crippen molar-refractivity contribution in [3.8, 4) is 0 Å². The second kappa shape index (κ2) is 5.51. The lowest BCUT2D eigenvalue weighted by atomic mass is 10.1. The van der Waals surface area contributed by atoms with Crippen LogP contribution in [0.2, 0.25) is 5.02 Å². The second-order valence-electron chi connectivity index (χ2n) is 4.33. The molecule has 1 N–H and O–H groups in total. The van der Waals surface area contributed by atoms with Gasteiger partial charge in [0.2, 0.25) is 10.0 Å². The van der Waals surface area contributed by atoms with Gasteiger partial charge < -0.3 is 0 Å². The van der Waals surface area contributed by atoms with E-state index in [4.69, 9.17) is 11.6 Å². The number of hydrogen-bond donors (Lipinski definition) is 1. The Bertz CT molecular complexity index is 710. The van der Waals surface area contributed by atoms with Crippen molar-refractivity contribution in [3.05, 3.63) is 47.0 Å². The molecule has 2 aromatic rings. The molecule has 1 heterocycles. The van der Waals surface area contributed by atoms with Crippen LogP contribution in [-0.4, -0.2) is 18.2 Å². The van der Waals surface area contributed by atoms with E-state index in [0.29, 0.717) is 0 Å². The Balaban J connectivity index is 2.30. The first kappa shape index (κ1) is 15.0. The molecule has 0 radical (unpaired) electrons. The number of benzene rings is 1. The minimum Gasteiger partial charge on any atom is -0.274 e. The predicted molar refractivity (Wildman–Crippen MR) is 73.4 cm³/mol. The smallest absolute Gasteiger partial charge is 0.244 e. The Morgan fingerprint density at radius 1 is 1.45 bits per heavy atom. The maximum atomic E-state index is 13.7. The summed E-state index contributed by atoms with van der Waals surface area (Å²) in [6.45, 7) is 1.53. The van der Waals surface area contributed by atoms with Crippen molar-refractivity contribution < 1.29 is 12.8 Å². The second-order valence-corrected chi connectivity index (χ2v) is 6.45. The molecule has 20 heavy (non-hydrogen) atoms. The van der Waals surface area contributed by atoms with Crippen molar-refractivity contribution >= 4 is 21.6 Å². The van der Waals surface area contributed by atoms with Crippen LogP contribution in [-0.2, 0) is 17.1 Å². The first-order valence-corrected chi connectivity index (χ1v) is 7.62. The van der Waals surface area contributed by atoms with Crippen molar-refractivity contribution in [2.45, 2.75) is 17.9 Å². The molecule has 1 unspecified atom stereocenters. The van der Waals surface area contributed by atoms with E-state index in [1.807, 2.05) is 0 Å². The maximum absolute atomic E-state index is 13.7. The predicted octanol–water partition coefficient (Wildman–Crippen LogP) is 2.25. The van der Waals surface area contributed by atoms with Crippen molar-refractivity contribution in [2.24, 2.45) is 7.05 Å². The molecule has 5 nitrogen and oxygen atoms in total. The molecular weight excluding hydrogens is 305 g/mol. The molecule has 0 spiro atoms. The molecule has 2 rings (SSSR count). The van der Waals surface area contributed by atoms with Crippen molar-refractivity contribution in [2.75, 3.05) is 0 Å². The van der Waals surface area contributed by atoms with Crippen LogP contribution < -0.4 is 4.72 Å². The number of nitrogens with zero attached hydrogens (tertiary/aromatic N) is 2. The quantitative estimate of drug-likeness (QED) is 0.940. The van der Waals surface area contributed by atoms with Crippen LogP contribution >= 0.6 is 11.6 Å². The number of aryl methyl sites for hydroxylation is 1. The Hall–Kier alpha value is -1.44. The lowest BCUT2D eigenvalue weighted by Gasteiger charge is -2.15. The molecule has 8 heteroatoms. The van der Waals surface area contributed by atoms with Gasteiger partial charge in [-0.3, -0.25) is 4.68 Å². The highest BCUT2D eigenvalue weighted by molar-refractivity contribution is 7.89. The zero-order valence-corrected chi connectivity index (χ0v) is 12.4. The molecule has 0 saturated heterocycles. The zero-order valence-electron chi connectivity index (χ0n) is 10.8. The van der Waals surface area contributed by atoms with E-state index in [1.54, 1.807) is 7.05 Å². The number of aromatic nitrogens is 2. The fourth-order valence-electron chi connectivity index (χ4n) is 1.82. The normalized spacial score (nSPS) is 13.4. The Kier molecular flexibility index (Phi) is 4.12.